The Morgan fingerprint density at radius 2 is 1.58 bits per heavy atom. The maximum Gasteiger partial charge on any atom is 0.241 e. The van der Waals surface area contributed by atoms with Gasteiger partial charge in [-0.3, -0.25) is 9.10 Å². The maximum absolute atomic E-state index is 12.8. The van der Waals surface area contributed by atoms with Crippen LogP contribution in [0.15, 0.2) is 66.7 Å². The second-order valence-corrected chi connectivity index (χ2v) is 10.8. The molecule has 1 N–H and O–H groups in total. The predicted octanol–water partition coefficient (Wildman–Crippen LogP) is 4.78. The Morgan fingerprint density at radius 3 is 2.19 bits per heavy atom. The van der Waals surface area contributed by atoms with Crippen LogP contribution in [-0.4, -0.2) is 27.1 Å². The van der Waals surface area contributed by atoms with Crippen LogP contribution in [0.4, 0.5) is 5.69 Å². The van der Waals surface area contributed by atoms with Crippen LogP contribution in [0.2, 0.25) is 0 Å². The summed E-state index contributed by atoms with van der Waals surface area (Å²) in [5.74, 6) is -0.356. The molecule has 6 heteroatoms. The van der Waals surface area contributed by atoms with E-state index in [1.165, 1.54) is 9.87 Å². The predicted molar refractivity (Wildman–Crippen MR) is 128 cm³/mol. The third-order valence-electron chi connectivity index (χ3n) is 5.38. The normalized spacial score (nSPS) is 13.1. The van der Waals surface area contributed by atoms with Crippen LogP contribution in [0.1, 0.15) is 44.9 Å². The summed E-state index contributed by atoms with van der Waals surface area (Å²) in [5.41, 5.74) is 2.74. The number of carbonyl (C=O) groups excluding carboxylic acids is 1. The van der Waals surface area contributed by atoms with Crippen LogP contribution in [-0.2, 0) is 20.2 Å². The van der Waals surface area contributed by atoms with E-state index >= 15 is 0 Å². The molecule has 0 aliphatic heterocycles. The van der Waals surface area contributed by atoms with Gasteiger partial charge in [-0.25, -0.2) is 8.42 Å². The van der Waals surface area contributed by atoms with Crippen LogP contribution in [0, 0.1) is 0 Å². The van der Waals surface area contributed by atoms with Gasteiger partial charge in [-0.05, 0) is 34.9 Å². The molecule has 0 aliphatic carbocycles. The van der Waals surface area contributed by atoms with Gasteiger partial charge in [0.15, 0.2) is 0 Å². The highest BCUT2D eigenvalue weighted by Crippen LogP contribution is 2.28. The Labute approximate surface area is 185 Å². The van der Waals surface area contributed by atoms with E-state index in [0.29, 0.717) is 5.69 Å². The first kappa shape index (κ1) is 22.8. The Hall–Kier alpha value is -2.86. The van der Waals surface area contributed by atoms with E-state index in [0.717, 1.165) is 22.6 Å². The Kier molecular flexibility index (Phi) is 6.41. The number of rotatable bonds is 6. The van der Waals surface area contributed by atoms with Crippen molar-refractivity contribution in [1.29, 1.82) is 0 Å². The van der Waals surface area contributed by atoms with Gasteiger partial charge in [0.1, 0.15) is 6.54 Å². The van der Waals surface area contributed by atoms with Crippen LogP contribution in [0.25, 0.3) is 10.8 Å². The van der Waals surface area contributed by atoms with E-state index in [2.05, 4.69) is 38.2 Å². The topological polar surface area (TPSA) is 66.5 Å². The second kappa shape index (κ2) is 8.71. The van der Waals surface area contributed by atoms with Gasteiger partial charge in [0.05, 0.1) is 18.0 Å². The van der Waals surface area contributed by atoms with Gasteiger partial charge in [0.2, 0.25) is 15.9 Å². The largest absolute Gasteiger partial charge is 0.348 e. The molecule has 0 saturated heterocycles. The molecule has 0 radical (unpaired) electrons. The second-order valence-electron chi connectivity index (χ2n) is 8.93. The molecule has 1 amide bonds. The molecule has 31 heavy (non-hydrogen) atoms. The van der Waals surface area contributed by atoms with E-state index in [1.807, 2.05) is 49.4 Å². The zero-order valence-electron chi connectivity index (χ0n) is 18.7. The van der Waals surface area contributed by atoms with Gasteiger partial charge in [-0.15, -0.1) is 0 Å². The minimum absolute atomic E-state index is 0.0550. The molecule has 0 spiro atoms. The summed E-state index contributed by atoms with van der Waals surface area (Å²) in [5, 5.41) is 4.63. The van der Waals surface area contributed by atoms with Crippen molar-refractivity contribution >= 4 is 32.4 Å². The van der Waals surface area contributed by atoms with Crippen LogP contribution >= 0.6 is 0 Å². The molecule has 0 aliphatic rings. The fourth-order valence-corrected chi connectivity index (χ4v) is 4.45. The lowest BCUT2D eigenvalue weighted by molar-refractivity contribution is -0.120. The molecule has 3 rings (SSSR count). The molecule has 0 aromatic heterocycles. The molecule has 0 bridgehead atoms. The fourth-order valence-electron chi connectivity index (χ4n) is 3.58. The molecule has 164 valence electrons. The minimum atomic E-state index is -3.65. The number of hydrogen-bond donors (Lipinski definition) is 1. The quantitative estimate of drug-likeness (QED) is 0.602. The third-order valence-corrected chi connectivity index (χ3v) is 6.50. The highest BCUT2D eigenvalue weighted by molar-refractivity contribution is 7.92. The number of carbonyl (C=O) groups is 1. The molecule has 0 saturated carbocycles. The third kappa shape index (κ3) is 5.44. The fraction of sp³-hybridized carbons (Fsp3) is 0.320. The monoisotopic (exact) mass is 438 g/mol. The molecule has 5 nitrogen and oxygen atoms in total. The number of hydrogen-bond acceptors (Lipinski definition) is 3. The number of amides is 1. The van der Waals surface area contributed by atoms with Gasteiger partial charge < -0.3 is 5.32 Å². The Balaban J connectivity index is 1.80. The average molecular weight is 439 g/mol. The van der Waals surface area contributed by atoms with E-state index in [4.69, 9.17) is 0 Å². The molecule has 0 heterocycles. The lowest BCUT2D eigenvalue weighted by atomic mass is 9.86. The first-order valence-corrected chi connectivity index (χ1v) is 12.2. The van der Waals surface area contributed by atoms with Crippen molar-refractivity contribution in [2.75, 3.05) is 17.1 Å². The molecule has 0 unspecified atom stereocenters. The summed E-state index contributed by atoms with van der Waals surface area (Å²) in [4.78, 5) is 12.8. The zero-order valence-corrected chi connectivity index (χ0v) is 19.5. The van der Waals surface area contributed by atoms with Crippen molar-refractivity contribution in [2.24, 2.45) is 0 Å². The van der Waals surface area contributed by atoms with Crippen molar-refractivity contribution in [1.82, 2.24) is 5.32 Å². The number of benzene rings is 3. The summed E-state index contributed by atoms with van der Waals surface area (Å²) >= 11 is 0. The van der Waals surface area contributed by atoms with Crippen molar-refractivity contribution < 1.29 is 13.2 Å². The molecule has 3 aromatic rings. The standard InChI is InChI=1S/C25H30N2O3S/c1-18(19-13-15-21(16-14-19)25(2,3)4)26-24(28)17-27(31(5,29)30)23-12-8-10-20-9-6-7-11-22(20)23/h6-16,18H,17H2,1-5H3,(H,26,28)/t18-/m1/s1. The number of anilines is 1. The number of fused-ring (bicyclic) bond motifs is 1. The Bertz CT molecular complexity index is 1170. The first-order valence-electron chi connectivity index (χ1n) is 10.3. The number of nitrogens with one attached hydrogen (secondary N) is 1. The summed E-state index contributed by atoms with van der Waals surface area (Å²) in [6.45, 7) is 8.07. The smallest absolute Gasteiger partial charge is 0.241 e. The van der Waals surface area contributed by atoms with Gasteiger partial charge in [0.25, 0.3) is 0 Å². The lowest BCUT2D eigenvalue weighted by Gasteiger charge is -2.25. The van der Waals surface area contributed by atoms with Gasteiger partial charge >= 0.3 is 0 Å². The molecular formula is C25H30N2O3S. The summed E-state index contributed by atoms with van der Waals surface area (Å²) < 4.78 is 26.3. The highest BCUT2D eigenvalue weighted by atomic mass is 32.2. The molecular weight excluding hydrogens is 408 g/mol. The molecule has 0 fully saturated rings. The van der Waals surface area contributed by atoms with Crippen molar-refractivity contribution in [3.05, 3.63) is 77.9 Å². The van der Waals surface area contributed by atoms with Crippen LogP contribution in [0.5, 0.6) is 0 Å². The van der Waals surface area contributed by atoms with Crippen molar-refractivity contribution in [2.45, 2.75) is 39.2 Å². The molecule has 3 aromatic carbocycles. The van der Waals surface area contributed by atoms with E-state index in [9.17, 15) is 13.2 Å². The minimum Gasteiger partial charge on any atom is -0.348 e. The van der Waals surface area contributed by atoms with Gasteiger partial charge in [0, 0.05) is 5.39 Å². The van der Waals surface area contributed by atoms with Crippen molar-refractivity contribution in [3.63, 3.8) is 0 Å². The first-order chi connectivity index (χ1) is 14.5. The highest BCUT2D eigenvalue weighted by Gasteiger charge is 2.23. The SMILES string of the molecule is C[C@@H](NC(=O)CN(c1cccc2ccccc12)S(C)(=O)=O)c1ccc(C(C)(C)C)cc1. The van der Waals surface area contributed by atoms with Gasteiger partial charge in [-0.2, -0.15) is 0 Å². The van der Waals surface area contributed by atoms with Crippen LogP contribution < -0.4 is 9.62 Å². The number of sulfonamides is 1. The zero-order chi connectivity index (χ0) is 22.8. The average Bonchev–Trinajstić information content (AvgIpc) is 2.70. The van der Waals surface area contributed by atoms with E-state index in [-0.39, 0.29) is 23.9 Å². The lowest BCUT2D eigenvalue weighted by Crippen LogP contribution is -2.41. The number of nitrogens with zero attached hydrogens (tertiary/aromatic N) is 1. The van der Waals surface area contributed by atoms with E-state index < -0.39 is 10.0 Å². The molecule has 1 atom stereocenters. The summed E-state index contributed by atoms with van der Waals surface area (Å²) in [6, 6.07) is 20.9. The van der Waals surface area contributed by atoms with E-state index in [1.54, 1.807) is 12.1 Å². The Morgan fingerprint density at radius 1 is 0.968 bits per heavy atom. The summed E-state index contributed by atoms with van der Waals surface area (Å²) in [6.07, 6.45) is 1.12. The van der Waals surface area contributed by atoms with Crippen molar-refractivity contribution in [3.8, 4) is 0 Å². The van der Waals surface area contributed by atoms with Crippen LogP contribution in [0.3, 0.4) is 0 Å². The summed E-state index contributed by atoms with van der Waals surface area (Å²) in [7, 11) is -3.65. The maximum atomic E-state index is 12.8. The van der Waals surface area contributed by atoms with Gasteiger partial charge in [-0.1, -0.05) is 81.4 Å².